The normalized spacial score (nSPS) is 11.2. The molecule has 82 valence electrons. The van der Waals surface area contributed by atoms with E-state index in [0.717, 1.165) is 11.1 Å². The molecule has 0 bridgehead atoms. The van der Waals surface area contributed by atoms with Crippen LogP contribution in [0, 0.1) is 13.8 Å². The zero-order chi connectivity index (χ0) is 11.6. The molecule has 0 aromatic heterocycles. The number of carbonyl (C=O) groups is 1. The highest BCUT2D eigenvalue weighted by atomic mass is 32.2. The van der Waals surface area contributed by atoms with E-state index in [1.165, 1.54) is 5.37 Å². The van der Waals surface area contributed by atoms with E-state index in [-0.39, 0.29) is 5.78 Å². The Bertz CT molecular complexity index is 478. The molecule has 0 saturated heterocycles. The van der Waals surface area contributed by atoms with Gasteiger partial charge in [0, 0.05) is 23.4 Å². The predicted octanol–water partition coefficient (Wildman–Crippen LogP) is 1.83. The Hall–Kier alpha value is -1.09. The van der Waals surface area contributed by atoms with E-state index in [9.17, 15) is 9.00 Å². The van der Waals surface area contributed by atoms with Crippen molar-refractivity contribution in [1.29, 1.82) is 0 Å². The van der Waals surface area contributed by atoms with Gasteiger partial charge in [-0.05, 0) is 35.5 Å². The van der Waals surface area contributed by atoms with Crippen molar-refractivity contribution in [1.82, 2.24) is 0 Å². The first-order valence-corrected chi connectivity index (χ1v) is 7.13. The van der Waals surface area contributed by atoms with Crippen molar-refractivity contribution in [2.24, 2.45) is 0 Å². The molecule has 15 heavy (non-hydrogen) atoms. The van der Waals surface area contributed by atoms with E-state index in [0.29, 0.717) is 5.56 Å². The Morgan fingerprint density at radius 2 is 1.60 bits per heavy atom. The van der Waals surface area contributed by atoms with Gasteiger partial charge < -0.3 is 0 Å². The first kappa shape index (κ1) is 12.0. The molecule has 0 amide bonds. The molecule has 0 fully saturated rings. The largest absolute Gasteiger partial charge is 0.289 e. The maximum atomic E-state index is 11.7. The van der Waals surface area contributed by atoms with Crippen LogP contribution in [-0.4, -0.2) is 27.9 Å². The summed E-state index contributed by atoms with van der Waals surface area (Å²) in [5, 5.41) is 1.31. The van der Waals surface area contributed by atoms with Crippen LogP contribution in [0.15, 0.2) is 18.2 Å². The van der Waals surface area contributed by atoms with E-state index < -0.39 is 9.52 Å². The van der Waals surface area contributed by atoms with Gasteiger partial charge in [0.05, 0.1) is 0 Å². The molecular weight excluding hydrogens is 208 g/mol. The summed E-state index contributed by atoms with van der Waals surface area (Å²) in [5.74, 6) is -0.156. The quantitative estimate of drug-likeness (QED) is 0.567. The maximum Gasteiger partial charge on any atom is 0.193 e. The van der Waals surface area contributed by atoms with Crippen LogP contribution in [0.3, 0.4) is 0 Å². The van der Waals surface area contributed by atoms with Crippen molar-refractivity contribution in [2.75, 3.05) is 12.5 Å². The summed E-state index contributed by atoms with van der Waals surface area (Å²) >= 11 is 0. The maximum absolute atomic E-state index is 11.7. The third kappa shape index (κ3) is 3.88. The topological polar surface area (TPSA) is 34.1 Å². The molecule has 0 saturated carbocycles. The number of carbonyl (C=O) groups excluding carboxylic acids is 1. The van der Waals surface area contributed by atoms with Gasteiger partial charge in [-0.1, -0.05) is 17.2 Å². The third-order valence-corrected chi connectivity index (χ3v) is 2.68. The Kier molecular flexibility index (Phi) is 3.35. The summed E-state index contributed by atoms with van der Waals surface area (Å²) in [6, 6.07) is 5.64. The number of ketones is 1. The molecule has 0 unspecified atom stereocenters. The lowest BCUT2D eigenvalue weighted by Gasteiger charge is -2.02. The number of hydrogen-bond acceptors (Lipinski definition) is 2. The smallest absolute Gasteiger partial charge is 0.193 e. The summed E-state index contributed by atoms with van der Waals surface area (Å²) in [7, 11) is -2.12. The standard InChI is InChI=1S/C12H16O2S/c1-9-5-10(2)7-11(6-9)12(13)8-15(3,4)14/h5-8H,1-4H3. The molecule has 0 heterocycles. The molecule has 1 rings (SSSR count). The van der Waals surface area contributed by atoms with E-state index in [1.54, 1.807) is 12.5 Å². The number of rotatable bonds is 2. The lowest BCUT2D eigenvalue weighted by atomic mass is 10.1. The fourth-order valence-electron chi connectivity index (χ4n) is 1.44. The molecule has 0 aliphatic heterocycles. The van der Waals surface area contributed by atoms with Gasteiger partial charge in [-0.3, -0.25) is 9.00 Å². The Balaban J connectivity index is 3.19. The average molecular weight is 224 g/mol. The summed E-state index contributed by atoms with van der Waals surface area (Å²) in [6.45, 7) is 3.89. The number of hydrogen-bond donors (Lipinski definition) is 0. The average Bonchev–Trinajstić information content (AvgIpc) is 1.98. The molecule has 0 N–H and O–H groups in total. The van der Waals surface area contributed by atoms with Crippen molar-refractivity contribution in [3.05, 3.63) is 34.9 Å². The van der Waals surface area contributed by atoms with Crippen LogP contribution in [0.2, 0.25) is 0 Å². The molecule has 1 aromatic rings. The molecular formula is C12H16O2S. The van der Waals surface area contributed by atoms with Crippen LogP contribution in [0.5, 0.6) is 0 Å². The molecule has 0 aliphatic rings. The second kappa shape index (κ2) is 4.19. The van der Waals surface area contributed by atoms with Gasteiger partial charge in [0.2, 0.25) is 0 Å². The second-order valence-electron chi connectivity index (χ2n) is 4.17. The molecule has 0 spiro atoms. The Morgan fingerprint density at radius 1 is 1.13 bits per heavy atom. The molecule has 0 atom stereocenters. The SMILES string of the molecule is Cc1cc(C)cc(C(=O)C=S(C)(C)=O)c1. The highest BCUT2D eigenvalue weighted by Gasteiger charge is 2.05. The first-order chi connectivity index (χ1) is 6.78. The molecule has 0 aliphatic carbocycles. The van der Waals surface area contributed by atoms with Crippen molar-refractivity contribution < 1.29 is 9.00 Å². The second-order valence-corrected chi connectivity index (χ2v) is 7.02. The minimum atomic E-state index is -2.12. The van der Waals surface area contributed by atoms with Crippen LogP contribution in [0.25, 0.3) is 0 Å². The fraction of sp³-hybridized carbons (Fsp3) is 0.333. The van der Waals surface area contributed by atoms with Gasteiger partial charge >= 0.3 is 0 Å². The van der Waals surface area contributed by atoms with Crippen molar-refractivity contribution in [3.8, 4) is 0 Å². The van der Waals surface area contributed by atoms with Crippen LogP contribution in [-0.2, 0) is 9.52 Å². The minimum absolute atomic E-state index is 0.156. The van der Waals surface area contributed by atoms with Gasteiger partial charge in [-0.2, -0.15) is 0 Å². The highest BCUT2D eigenvalue weighted by Crippen LogP contribution is 2.09. The summed E-state index contributed by atoms with van der Waals surface area (Å²) in [6.07, 6.45) is 3.13. The van der Waals surface area contributed by atoms with E-state index >= 15 is 0 Å². The van der Waals surface area contributed by atoms with Gasteiger partial charge in [0.25, 0.3) is 0 Å². The van der Waals surface area contributed by atoms with E-state index in [1.807, 2.05) is 32.0 Å². The van der Waals surface area contributed by atoms with Crippen LogP contribution in [0.4, 0.5) is 0 Å². The van der Waals surface area contributed by atoms with Crippen molar-refractivity contribution >= 4 is 20.7 Å². The summed E-state index contributed by atoms with van der Waals surface area (Å²) in [5.41, 5.74) is 2.71. The van der Waals surface area contributed by atoms with Crippen LogP contribution >= 0.6 is 0 Å². The van der Waals surface area contributed by atoms with Crippen LogP contribution < -0.4 is 0 Å². The Morgan fingerprint density at radius 3 is 2.00 bits per heavy atom. The number of Topliss-reactive ketones (excluding diaryl/α,β-unsaturated/α-hetero) is 1. The molecule has 3 heteroatoms. The highest BCUT2D eigenvalue weighted by molar-refractivity contribution is 8.01. The fourth-order valence-corrected chi connectivity index (χ4v) is 2.09. The third-order valence-electron chi connectivity index (χ3n) is 1.90. The van der Waals surface area contributed by atoms with Gasteiger partial charge in [-0.25, -0.2) is 0 Å². The molecule has 1 aromatic carbocycles. The Labute approximate surface area is 91.3 Å². The van der Waals surface area contributed by atoms with E-state index in [2.05, 4.69) is 0 Å². The first-order valence-electron chi connectivity index (χ1n) is 4.69. The van der Waals surface area contributed by atoms with Crippen LogP contribution in [0.1, 0.15) is 21.5 Å². The predicted molar refractivity (Wildman–Crippen MR) is 66.3 cm³/mol. The zero-order valence-corrected chi connectivity index (χ0v) is 10.4. The van der Waals surface area contributed by atoms with Crippen molar-refractivity contribution in [2.45, 2.75) is 13.8 Å². The van der Waals surface area contributed by atoms with Gasteiger partial charge in [0.15, 0.2) is 5.78 Å². The molecule has 0 radical (unpaired) electrons. The monoisotopic (exact) mass is 224 g/mol. The summed E-state index contributed by atoms with van der Waals surface area (Å²) < 4.78 is 11.5. The van der Waals surface area contributed by atoms with Gasteiger partial charge in [0.1, 0.15) is 0 Å². The zero-order valence-electron chi connectivity index (χ0n) is 9.53. The van der Waals surface area contributed by atoms with Crippen molar-refractivity contribution in [3.63, 3.8) is 0 Å². The lowest BCUT2D eigenvalue weighted by molar-refractivity contribution is 0.107. The number of benzene rings is 1. The number of aryl methyl sites for hydroxylation is 2. The summed E-state index contributed by atoms with van der Waals surface area (Å²) in [4.78, 5) is 11.7. The van der Waals surface area contributed by atoms with Gasteiger partial charge in [-0.15, -0.1) is 0 Å². The minimum Gasteiger partial charge on any atom is -0.289 e. The molecule has 2 nitrogen and oxygen atoms in total. The lowest BCUT2D eigenvalue weighted by Crippen LogP contribution is -2.09. The van der Waals surface area contributed by atoms with E-state index in [4.69, 9.17) is 0 Å².